The van der Waals surface area contributed by atoms with Crippen LogP contribution in [0.5, 0.6) is 0 Å². The van der Waals surface area contributed by atoms with Crippen LogP contribution in [0.25, 0.3) is 0 Å². The van der Waals surface area contributed by atoms with E-state index >= 15 is 0 Å². The first-order chi connectivity index (χ1) is 11.6. The van der Waals surface area contributed by atoms with E-state index in [1.54, 1.807) is 6.07 Å². The zero-order valence-electron chi connectivity index (χ0n) is 13.8. The summed E-state index contributed by atoms with van der Waals surface area (Å²) >= 11 is 0. The van der Waals surface area contributed by atoms with Crippen LogP contribution in [0, 0.1) is 10.1 Å². The van der Waals surface area contributed by atoms with Crippen molar-refractivity contribution in [3.8, 4) is 0 Å². The van der Waals surface area contributed by atoms with Crippen LogP contribution in [0.1, 0.15) is 42.1 Å². The summed E-state index contributed by atoms with van der Waals surface area (Å²) in [4.78, 5) is 22.4. The summed E-state index contributed by atoms with van der Waals surface area (Å²) in [5.74, 6) is -0.106. The van der Waals surface area contributed by atoms with Gasteiger partial charge in [0.1, 0.15) is 0 Å². The maximum atomic E-state index is 12.1. The molecule has 0 saturated carbocycles. The minimum Gasteiger partial charge on any atom is -0.385 e. The van der Waals surface area contributed by atoms with Gasteiger partial charge in [0.2, 0.25) is 0 Å². The number of nitrogens with zero attached hydrogens (tertiary/aromatic N) is 1. The van der Waals surface area contributed by atoms with Crippen molar-refractivity contribution in [3.05, 3.63) is 69.8 Å². The summed E-state index contributed by atoms with van der Waals surface area (Å²) in [6.45, 7) is 2.67. The highest BCUT2D eigenvalue weighted by molar-refractivity contribution is 5.96. The largest absolute Gasteiger partial charge is 0.385 e. The van der Waals surface area contributed by atoms with Crippen LogP contribution in [0.4, 0.5) is 11.4 Å². The van der Waals surface area contributed by atoms with Gasteiger partial charge in [-0.05, 0) is 30.5 Å². The second-order valence-corrected chi connectivity index (χ2v) is 5.71. The van der Waals surface area contributed by atoms with E-state index in [9.17, 15) is 14.9 Å². The second-order valence-electron chi connectivity index (χ2n) is 5.71. The van der Waals surface area contributed by atoms with Crippen LogP contribution in [0.2, 0.25) is 0 Å². The molecular weight excluding hydrogens is 304 g/mol. The summed E-state index contributed by atoms with van der Waals surface area (Å²) in [6.07, 6.45) is 3.74. The molecule has 0 aliphatic rings. The smallest absolute Gasteiger partial charge is 0.270 e. The first kappa shape index (κ1) is 17.7. The SMILES string of the molecule is CCCCc1ccc(NCCC(=O)c2cccc([N+](=O)[O-])c2)cc1. The monoisotopic (exact) mass is 326 g/mol. The van der Waals surface area contributed by atoms with Gasteiger partial charge in [-0.3, -0.25) is 14.9 Å². The topological polar surface area (TPSA) is 72.2 Å². The number of hydrogen-bond acceptors (Lipinski definition) is 4. The number of nitrogens with one attached hydrogen (secondary N) is 1. The molecule has 0 saturated heterocycles. The highest BCUT2D eigenvalue weighted by Crippen LogP contribution is 2.15. The molecule has 2 aromatic rings. The number of carbonyl (C=O) groups is 1. The van der Waals surface area contributed by atoms with E-state index < -0.39 is 4.92 Å². The van der Waals surface area contributed by atoms with Crippen LogP contribution in [0.15, 0.2) is 48.5 Å². The van der Waals surface area contributed by atoms with Crippen molar-refractivity contribution in [2.45, 2.75) is 32.6 Å². The fourth-order valence-electron chi connectivity index (χ4n) is 2.43. The number of nitro benzene ring substituents is 1. The van der Waals surface area contributed by atoms with Crippen molar-refractivity contribution in [1.82, 2.24) is 0 Å². The number of non-ortho nitro benzene ring substituents is 1. The molecule has 0 aliphatic carbocycles. The zero-order chi connectivity index (χ0) is 17.4. The zero-order valence-corrected chi connectivity index (χ0v) is 13.8. The lowest BCUT2D eigenvalue weighted by Crippen LogP contribution is -2.09. The number of benzene rings is 2. The highest BCUT2D eigenvalue weighted by atomic mass is 16.6. The Morgan fingerprint density at radius 1 is 1.17 bits per heavy atom. The molecule has 0 radical (unpaired) electrons. The van der Waals surface area contributed by atoms with Crippen molar-refractivity contribution in [1.29, 1.82) is 0 Å². The molecule has 0 fully saturated rings. The second kappa shape index (κ2) is 8.82. The van der Waals surface area contributed by atoms with Gasteiger partial charge in [-0.25, -0.2) is 0 Å². The molecule has 0 heterocycles. The summed E-state index contributed by atoms with van der Waals surface area (Å²) < 4.78 is 0. The van der Waals surface area contributed by atoms with Crippen LogP contribution in [-0.4, -0.2) is 17.3 Å². The molecule has 5 heteroatoms. The first-order valence-corrected chi connectivity index (χ1v) is 8.20. The number of nitro groups is 1. The number of rotatable bonds is 9. The Balaban J connectivity index is 1.84. The van der Waals surface area contributed by atoms with Crippen molar-refractivity contribution in [3.63, 3.8) is 0 Å². The van der Waals surface area contributed by atoms with E-state index in [2.05, 4.69) is 24.4 Å². The third-order valence-electron chi connectivity index (χ3n) is 3.83. The third kappa shape index (κ3) is 5.19. The number of Topliss-reactive ketones (excluding diaryl/α,β-unsaturated/α-hetero) is 1. The standard InChI is InChI=1S/C19H22N2O3/c1-2-3-5-15-8-10-17(11-9-15)20-13-12-19(22)16-6-4-7-18(14-16)21(23)24/h4,6-11,14,20H,2-3,5,12-13H2,1H3. The van der Waals surface area contributed by atoms with Crippen molar-refractivity contribution >= 4 is 17.2 Å². The number of carbonyl (C=O) groups excluding carboxylic acids is 1. The fraction of sp³-hybridized carbons (Fsp3) is 0.316. The van der Waals surface area contributed by atoms with Crippen LogP contribution < -0.4 is 5.32 Å². The van der Waals surface area contributed by atoms with E-state index in [1.807, 2.05) is 12.1 Å². The molecule has 0 unspecified atom stereocenters. The molecule has 24 heavy (non-hydrogen) atoms. The van der Waals surface area contributed by atoms with Crippen molar-refractivity contribution in [2.75, 3.05) is 11.9 Å². The Bertz CT molecular complexity index is 696. The van der Waals surface area contributed by atoms with Gasteiger partial charge in [0.15, 0.2) is 5.78 Å². The lowest BCUT2D eigenvalue weighted by atomic mass is 10.1. The Morgan fingerprint density at radius 3 is 2.58 bits per heavy atom. The van der Waals surface area contributed by atoms with Gasteiger partial charge in [0.05, 0.1) is 4.92 Å². The number of anilines is 1. The van der Waals surface area contributed by atoms with Crippen molar-refractivity contribution in [2.24, 2.45) is 0 Å². The number of ketones is 1. The Kier molecular flexibility index (Phi) is 6.49. The molecular formula is C19H22N2O3. The van der Waals surface area contributed by atoms with Gasteiger partial charge < -0.3 is 5.32 Å². The molecule has 0 atom stereocenters. The Labute approximate surface area is 141 Å². The summed E-state index contributed by atoms with van der Waals surface area (Å²) in [5, 5.41) is 14.0. The minimum atomic E-state index is -0.491. The molecule has 0 aromatic heterocycles. The Hall–Kier alpha value is -2.69. The average molecular weight is 326 g/mol. The highest BCUT2D eigenvalue weighted by Gasteiger charge is 2.11. The van der Waals surface area contributed by atoms with Crippen LogP contribution in [0.3, 0.4) is 0 Å². The van der Waals surface area contributed by atoms with Crippen LogP contribution >= 0.6 is 0 Å². The van der Waals surface area contributed by atoms with Crippen LogP contribution in [-0.2, 0) is 6.42 Å². The van der Waals surface area contributed by atoms with E-state index in [-0.39, 0.29) is 11.5 Å². The van der Waals surface area contributed by atoms with Gasteiger partial charge in [-0.15, -0.1) is 0 Å². The van der Waals surface area contributed by atoms with Gasteiger partial charge in [0, 0.05) is 36.3 Å². The molecule has 1 N–H and O–H groups in total. The lowest BCUT2D eigenvalue weighted by molar-refractivity contribution is -0.384. The van der Waals surface area contributed by atoms with E-state index in [0.717, 1.165) is 12.1 Å². The lowest BCUT2D eigenvalue weighted by Gasteiger charge is -2.07. The fourth-order valence-corrected chi connectivity index (χ4v) is 2.43. The summed E-state index contributed by atoms with van der Waals surface area (Å²) in [7, 11) is 0. The van der Waals surface area contributed by atoms with E-state index in [4.69, 9.17) is 0 Å². The van der Waals surface area contributed by atoms with Gasteiger partial charge in [-0.2, -0.15) is 0 Å². The average Bonchev–Trinajstić information content (AvgIpc) is 2.61. The number of unbranched alkanes of at least 4 members (excludes halogenated alkanes) is 1. The third-order valence-corrected chi connectivity index (χ3v) is 3.83. The molecule has 0 bridgehead atoms. The maximum Gasteiger partial charge on any atom is 0.270 e. The van der Waals surface area contributed by atoms with Crippen molar-refractivity contribution < 1.29 is 9.72 Å². The normalized spacial score (nSPS) is 10.4. The minimum absolute atomic E-state index is 0.0588. The first-order valence-electron chi connectivity index (χ1n) is 8.20. The number of aryl methyl sites for hydroxylation is 1. The van der Waals surface area contributed by atoms with E-state index in [1.165, 1.54) is 36.6 Å². The molecule has 2 aromatic carbocycles. The molecule has 0 spiro atoms. The number of hydrogen-bond donors (Lipinski definition) is 1. The molecule has 5 nitrogen and oxygen atoms in total. The predicted molar refractivity (Wildman–Crippen MR) is 95.6 cm³/mol. The maximum absolute atomic E-state index is 12.1. The Morgan fingerprint density at radius 2 is 1.92 bits per heavy atom. The molecule has 2 rings (SSSR count). The quantitative estimate of drug-likeness (QED) is 0.414. The van der Waals surface area contributed by atoms with Gasteiger partial charge in [-0.1, -0.05) is 37.6 Å². The van der Waals surface area contributed by atoms with Gasteiger partial charge in [0.25, 0.3) is 5.69 Å². The van der Waals surface area contributed by atoms with Gasteiger partial charge >= 0.3 is 0 Å². The molecule has 0 amide bonds. The van der Waals surface area contributed by atoms with E-state index in [0.29, 0.717) is 18.5 Å². The summed E-state index contributed by atoms with van der Waals surface area (Å²) in [5.41, 5.74) is 2.61. The molecule has 126 valence electrons. The molecule has 0 aliphatic heterocycles. The predicted octanol–water partition coefficient (Wildman–Crippen LogP) is 4.62. The summed E-state index contributed by atoms with van der Waals surface area (Å²) in [6, 6.07) is 14.1.